The second-order valence-corrected chi connectivity index (χ2v) is 23.9. The number of carbonyl (C=O) groups is 4. The molecule has 4 aliphatic rings. The maximum Gasteiger partial charge on any atom is 0.411 e. The van der Waals surface area contributed by atoms with E-state index in [0.717, 1.165) is 61.2 Å². The lowest BCUT2D eigenvalue weighted by Crippen LogP contribution is -2.39. The summed E-state index contributed by atoms with van der Waals surface area (Å²) in [4.78, 5) is 57.9. The maximum absolute atomic E-state index is 14.0. The Morgan fingerprint density at radius 3 is 1.39 bits per heavy atom. The maximum atomic E-state index is 14.0. The molecule has 4 N–H and O–H groups in total. The molecule has 0 aromatic heterocycles. The van der Waals surface area contributed by atoms with Gasteiger partial charge in [-0.1, -0.05) is 94.2 Å². The van der Waals surface area contributed by atoms with Crippen LogP contribution in [0.2, 0.25) is 0 Å². The van der Waals surface area contributed by atoms with Crippen LogP contribution in [0.5, 0.6) is 23.0 Å². The molecule has 2 aliphatic carbocycles. The predicted octanol–water partition coefficient (Wildman–Crippen LogP) is 9.60. The summed E-state index contributed by atoms with van der Waals surface area (Å²) in [6.45, 7) is 13.3. The lowest BCUT2D eigenvalue weighted by molar-refractivity contribution is 0.0674. The Bertz CT molecular complexity index is 2010. The van der Waals surface area contributed by atoms with E-state index in [9.17, 15) is 29.4 Å². The van der Waals surface area contributed by atoms with Gasteiger partial charge in [-0.15, -0.1) is 0 Å². The molecule has 0 bridgehead atoms. The number of hydrogen-bond donors (Lipinski definition) is 4. The van der Waals surface area contributed by atoms with Gasteiger partial charge in [-0.2, -0.15) is 0 Å². The first kappa shape index (κ1) is 54.3. The molecule has 0 spiro atoms. The van der Waals surface area contributed by atoms with E-state index in [0.29, 0.717) is 55.1 Å². The molecule has 6 rings (SSSR count). The second-order valence-electron chi connectivity index (χ2n) is 17.8. The summed E-state index contributed by atoms with van der Waals surface area (Å²) in [5, 5.41) is 25.7. The van der Waals surface area contributed by atoms with Crippen molar-refractivity contribution in [3.63, 3.8) is 0 Å². The molecule has 4 amide bonds. The van der Waals surface area contributed by atoms with Crippen molar-refractivity contribution >= 4 is 78.6 Å². The Balaban J connectivity index is 1.10. The number of rotatable bonds is 26. The summed E-state index contributed by atoms with van der Waals surface area (Å²) in [6.07, 6.45) is 7.44. The summed E-state index contributed by atoms with van der Waals surface area (Å²) < 4.78 is 35.0. The zero-order chi connectivity index (χ0) is 49.6. The molecular weight excluding hydrogens is 965 g/mol. The normalized spacial score (nSPS) is 19.0. The van der Waals surface area contributed by atoms with Gasteiger partial charge in [0.15, 0.2) is 23.0 Å². The van der Waals surface area contributed by atoms with Crippen molar-refractivity contribution in [3.05, 3.63) is 59.7 Å². The average Bonchev–Trinajstić information content (AvgIpc) is 3.91. The largest absolute Gasteiger partial charge is 0.493 e. The van der Waals surface area contributed by atoms with Crippen molar-refractivity contribution in [1.29, 1.82) is 0 Å². The smallest absolute Gasteiger partial charge is 0.411 e. The number of likely N-dealkylation sites (tertiary alicyclic amines) is 2. The quantitative estimate of drug-likeness (QED) is 0.0395. The molecule has 380 valence electrons. The van der Waals surface area contributed by atoms with Crippen molar-refractivity contribution in [3.8, 4) is 23.0 Å². The molecule has 4 fully saturated rings. The summed E-state index contributed by atoms with van der Waals surface area (Å²) in [7, 11) is 9.95. The Kier molecular flexibility index (Phi) is 20.3. The number of ether oxygens (including phenoxy) is 6. The van der Waals surface area contributed by atoms with Gasteiger partial charge in [0.2, 0.25) is 0 Å². The zero-order valence-corrected chi connectivity index (χ0v) is 43.5. The first-order valence-corrected chi connectivity index (χ1v) is 28.3. The van der Waals surface area contributed by atoms with E-state index in [1.807, 2.05) is 0 Å². The van der Waals surface area contributed by atoms with E-state index in [2.05, 4.69) is 37.6 Å². The third-order valence-electron chi connectivity index (χ3n) is 12.7. The third kappa shape index (κ3) is 14.1. The van der Waals surface area contributed by atoms with Crippen LogP contribution in [0.3, 0.4) is 0 Å². The van der Waals surface area contributed by atoms with Crippen LogP contribution in [0, 0.1) is 0 Å². The topological polar surface area (TPSA) is 195 Å². The van der Waals surface area contributed by atoms with Gasteiger partial charge in [0.25, 0.3) is 11.8 Å². The summed E-state index contributed by atoms with van der Waals surface area (Å²) in [5.74, 6) is 2.32. The first-order chi connectivity index (χ1) is 33.3. The average molecular weight is 1030 g/mol. The number of aliphatic hydroxyl groups is 2. The molecule has 69 heavy (non-hydrogen) atoms. The summed E-state index contributed by atoms with van der Waals surface area (Å²) >= 11 is 0. The number of unbranched alkanes of at least 4 members (excludes halogenated alkanes) is 2. The molecule has 2 saturated carbocycles. The van der Waals surface area contributed by atoms with Gasteiger partial charge in [0, 0.05) is 36.7 Å². The lowest BCUT2D eigenvalue weighted by atomic mass is 9.85. The molecule has 2 aromatic carbocycles. The van der Waals surface area contributed by atoms with Crippen molar-refractivity contribution in [2.45, 2.75) is 106 Å². The highest BCUT2D eigenvalue weighted by atomic mass is 33.1. The summed E-state index contributed by atoms with van der Waals surface area (Å²) in [5.41, 5.74) is 2.35. The Morgan fingerprint density at radius 1 is 0.652 bits per heavy atom. The number of methoxy groups -OCH3 is 2. The van der Waals surface area contributed by atoms with Crippen LogP contribution in [-0.4, -0.2) is 144 Å². The Labute approximate surface area is 421 Å². The monoisotopic (exact) mass is 1030 g/mol. The molecular formula is C49H68N4O12S4. The minimum atomic E-state index is -0.690. The fraction of sp³-hybridized carbons (Fsp3) is 0.592. The van der Waals surface area contributed by atoms with Crippen molar-refractivity contribution in [2.75, 3.05) is 89.1 Å². The highest BCUT2D eigenvalue weighted by molar-refractivity contribution is 8.77. The first-order valence-electron chi connectivity index (χ1n) is 23.7. The van der Waals surface area contributed by atoms with Crippen LogP contribution in [0.4, 0.5) is 21.0 Å². The van der Waals surface area contributed by atoms with Gasteiger partial charge in [0.1, 0.15) is 13.2 Å². The van der Waals surface area contributed by atoms with Crippen molar-refractivity contribution in [1.82, 2.24) is 9.80 Å². The number of nitrogens with one attached hydrogen (secondary N) is 2. The standard InChI is InChI=1S/C49H68N4O12S4/c1-7-66-68-48(14-12-15-48)30-64-46(58)50-38-24-42(40(60-5)22-36(38)44(56)52-26-32(3)20-34(52)28-54)62-18-10-9-11-19-63-43-25-39(51-47(59)65-31-49(16-13-17-49)69-67-8-2)37(23-41(43)61-6)45(57)53-27-33(4)21-35(53)29-55/h22-25,34-35,54-55H,3-4,7-21,26-31H2,1-2,5-6H3,(H,50,58)(H,51,59)/t34-,35-/m0/s1. The third-order valence-corrected chi connectivity index (χ3v) is 19.4. The molecule has 0 radical (unpaired) electrons. The van der Waals surface area contributed by atoms with Gasteiger partial charge in [-0.25, -0.2) is 9.59 Å². The fourth-order valence-corrected chi connectivity index (χ4v) is 13.9. The number of carbonyl (C=O) groups excluding carboxylic acids is 4. The molecule has 2 saturated heterocycles. The number of hydrogen-bond acceptors (Lipinski definition) is 16. The van der Waals surface area contributed by atoms with Crippen LogP contribution in [0.15, 0.2) is 48.6 Å². The van der Waals surface area contributed by atoms with Gasteiger partial charge >= 0.3 is 12.2 Å². The van der Waals surface area contributed by atoms with Gasteiger partial charge in [-0.3, -0.25) is 20.2 Å². The van der Waals surface area contributed by atoms with E-state index in [1.165, 1.54) is 26.4 Å². The van der Waals surface area contributed by atoms with Crippen molar-refractivity contribution in [2.24, 2.45) is 0 Å². The number of amides is 4. The highest BCUT2D eigenvalue weighted by Gasteiger charge is 2.41. The molecule has 2 aromatic rings. The van der Waals surface area contributed by atoms with Crippen LogP contribution in [0.25, 0.3) is 0 Å². The molecule has 20 heteroatoms. The van der Waals surface area contributed by atoms with Gasteiger partial charge < -0.3 is 48.4 Å². The summed E-state index contributed by atoms with van der Waals surface area (Å²) in [6, 6.07) is 5.32. The molecule has 2 atom stereocenters. The van der Waals surface area contributed by atoms with Crippen molar-refractivity contribution < 1.29 is 57.8 Å². The van der Waals surface area contributed by atoms with E-state index in [1.54, 1.807) is 65.1 Å². The molecule has 0 unspecified atom stereocenters. The predicted molar refractivity (Wildman–Crippen MR) is 277 cm³/mol. The minimum absolute atomic E-state index is 0.131. The van der Waals surface area contributed by atoms with Crippen LogP contribution < -0.4 is 29.6 Å². The van der Waals surface area contributed by atoms with Gasteiger partial charge in [0.05, 0.1) is 84.7 Å². The Morgan fingerprint density at radius 2 is 1.06 bits per heavy atom. The highest BCUT2D eigenvalue weighted by Crippen LogP contribution is 2.51. The van der Waals surface area contributed by atoms with E-state index in [-0.39, 0.29) is 84.7 Å². The fourth-order valence-electron chi connectivity index (χ4n) is 8.54. The number of aliphatic hydroxyl groups excluding tert-OH is 2. The lowest BCUT2D eigenvalue weighted by Gasteiger charge is -2.39. The molecule has 16 nitrogen and oxygen atoms in total. The van der Waals surface area contributed by atoms with E-state index in [4.69, 9.17) is 28.4 Å². The van der Waals surface area contributed by atoms with Crippen LogP contribution in [0.1, 0.15) is 105 Å². The number of nitrogens with zero attached hydrogens (tertiary/aromatic N) is 2. The van der Waals surface area contributed by atoms with Crippen LogP contribution >= 0.6 is 43.2 Å². The molecule has 2 aliphatic heterocycles. The molecule has 2 heterocycles. The zero-order valence-electron chi connectivity index (χ0n) is 40.2. The SMILES string of the molecule is C=C1C[C@@H](CO)N(C(=O)c2cc(OC)c(OCCCCCOc3cc(NC(=O)OCC4(SSCC)CCC4)c(C(=O)N4CC(=C)C[C@H]4CO)cc3OC)cc2NC(=O)OCC2(SSCC)CCC2)C1. The minimum Gasteiger partial charge on any atom is -0.493 e. The number of anilines is 2. The Hall–Kier alpha value is -4.08. The van der Waals surface area contributed by atoms with Crippen LogP contribution in [-0.2, 0) is 9.47 Å². The number of benzene rings is 2. The second kappa shape index (κ2) is 25.9. The van der Waals surface area contributed by atoms with Gasteiger partial charge in [-0.05, 0) is 69.9 Å². The van der Waals surface area contributed by atoms with E-state index >= 15 is 0 Å². The van der Waals surface area contributed by atoms with E-state index < -0.39 is 36.1 Å².